The third-order valence-electron chi connectivity index (χ3n) is 3.65. The van der Waals surface area contributed by atoms with Gasteiger partial charge in [-0.2, -0.15) is 0 Å². The van der Waals surface area contributed by atoms with Crippen LogP contribution >= 0.6 is 11.8 Å². The molecule has 2 rings (SSSR count). The lowest BCUT2D eigenvalue weighted by atomic mass is 10.1. The molecule has 15 heavy (non-hydrogen) atoms. The molecular weight excluding hydrogens is 204 g/mol. The van der Waals surface area contributed by atoms with Crippen LogP contribution in [-0.4, -0.2) is 23.0 Å². The summed E-state index contributed by atoms with van der Waals surface area (Å²) in [7, 11) is 0. The minimum atomic E-state index is 0.620. The van der Waals surface area contributed by atoms with Crippen molar-refractivity contribution in [2.75, 3.05) is 5.75 Å². The van der Waals surface area contributed by atoms with Crippen molar-refractivity contribution >= 4 is 16.9 Å². The molecule has 2 nitrogen and oxygen atoms in total. The number of fused-ring (bicyclic) bond motifs is 1. The third-order valence-corrected chi connectivity index (χ3v) is 4.74. The largest absolute Gasteiger partial charge is 0.362 e. The second-order valence-corrected chi connectivity index (χ2v) is 5.67. The van der Waals surface area contributed by atoms with Crippen LogP contribution in [0.4, 0.5) is 0 Å². The predicted molar refractivity (Wildman–Crippen MR) is 68.5 cm³/mol. The summed E-state index contributed by atoms with van der Waals surface area (Å²) >= 11 is 1.94. The van der Waals surface area contributed by atoms with E-state index in [1.54, 1.807) is 0 Å². The zero-order chi connectivity index (χ0) is 10.7. The van der Waals surface area contributed by atoms with Gasteiger partial charge in [0.25, 0.3) is 0 Å². The first-order valence-corrected chi connectivity index (χ1v) is 7.29. The Labute approximate surface area is 97.3 Å². The molecule has 0 amide bonds. The minimum absolute atomic E-state index is 0.620. The van der Waals surface area contributed by atoms with E-state index in [1.807, 2.05) is 11.8 Å². The van der Waals surface area contributed by atoms with E-state index in [9.17, 15) is 0 Å². The molecule has 2 atom stereocenters. The molecule has 1 aliphatic heterocycles. The lowest BCUT2D eigenvalue weighted by Gasteiger charge is -2.26. The van der Waals surface area contributed by atoms with E-state index in [1.165, 1.54) is 43.0 Å². The first-order chi connectivity index (χ1) is 7.33. The maximum Gasteiger partial charge on any atom is 0.157 e. The Morgan fingerprint density at radius 1 is 1.40 bits per heavy atom. The van der Waals surface area contributed by atoms with Crippen LogP contribution < -0.4 is 5.32 Å². The molecule has 86 valence electrons. The number of hydrogen-bond acceptors (Lipinski definition) is 3. The second-order valence-electron chi connectivity index (χ2n) is 4.66. The highest BCUT2D eigenvalue weighted by molar-refractivity contribution is 8.13. The monoisotopic (exact) mass is 226 g/mol. The molecule has 0 radical (unpaired) electrons. The van der Waals surface area contributed by atoms with E-state index in [-0.39, 0.29) is 0 Å². The van der Waals surface area contributed by atoms with Crippen LogP contribution in [-0.2, 0) is 0 Å². The van der Waals surface area contributed by atoms with Crippen LogP contribution in [0.25, 0.3) is 0 Å². The van der Waals surface area contributed by atoms with Gasteiger partial charge >= 0.3 is 0 Å². The maximum absolute atomic E-state index is 4.85. The van der Waals surface area contributed by atoms with Gasteiger partial charge in [0, 0.05) is 11.8 Å². The van der Waals surface area contributed by atoms with Crippen LogP contribution in [0.5, 0.6) is 0 Å². The van der Waals surface area contributed by atoms with E-state index in [2.05, 4.69) is 19.2 Å². The molecule has 3 heteroatoms. The molecule has 2 aliphatic rings. The van der Waals surface area contributed by atoms with E-state index in [0.29, 0.717) is 12.1 Å². The Kier molecular flexibility index (Phi) is 3.95. The fourth-order valence-electron chi connectivity index (χ4n) is 2.50. The van der Waals surface area contributed by atoms with Gasteiger partial charge < -0.3 is 5.32 Å². The lowest BCUT2D eigenvalue weighted by Crippen LogP contribution is -2.36. The number of hydrogen-bond donors (Lipinski definition) is 1. The fourth-order valence-corrected chi connectivity index (χ4v) is 3.72. The van der Waals surface area contributed by atoms with Gasteiger partial charge in [0.15, 0.2) is 5.17 Å². The van der Waals surface area contributed by atoms with Gasteiger partial charge in [0.05, 0.1) is 6.04 Å². The quantitative estimate of drug-likeness (QED) is 0.800. The molecule has 2 unspecified atom stereocenters. The van der Waals surface area contributed by atoms with Crippen molar-refractivity contribution in [2.45, 2.75) is 58.0 Å². The normalized spacial score (nSPS) is 30.2. The fraction of sp³-hybridized carbons (Fsp3) is 0.917. The Bertz CT molecular complexity index is 236. The molecule has 1 aliphatic carbocycles. The van der Waals surface area contributed by atoms with Crippen LogP contribution in [0, 0.1) is 5.92 Å². The number of rotatable bonds is 3. The van der Waals surface area contributed by atoms with Gasteiger partial charge in [0.1, 0.15) is 0 Å². The van der Waals surface area contributed by atoms with Gasteiger partial charge in [-0.1, -0.05) is 32.0 Å². The zero-order valence-electron chi connectivity index (χ0n) is 9.83. The van der Waals surface area contributed by atoms with Crippen LogP contribution in [0.15, 0.2) is 4.99 Å². The van der Waals surface area contributed by atoms with Gasteiger partial charge in [0.2, 0.25) is 0 Å². The van der Waals surface area contributed by atoms with E-state index >= 15 is 0 Å². The Morgan fingerprint density at radius 3 is 2.93 bits per heavy atom. The van der Waals surface area contributed by atoms with Crippen LogP contribution in [0.3, 0.4) is 0 Å². The summed E-state index contributed by atoms with van der Waals surface area (Å²) < 4.78 is 0. The number of thioether (sulfide) groups is 1. The molecular formula is C12H22N2S. The lowest BCUT2D eigenvalue weighted by molar-refractivity contribution is 0.523. The first-order valence-electron chi connectivity index (χ1n) is 6.30. The van der Waals surface area contributed by atoms with E-state index in [4.69, 9.17) is 4.99 Å². The van der Waals surface area contributed by atoms with Gasteiger partial charge in [-0.25, -0.2) is 0 Å². The van der Waals surface area contributed by atoms with Crippen molar-refractivity contribution in [3.8, 4) is 0 Å². The summed E-state index contributed by atoms with van der Waals surface area (Å²) in [5, 5.41) is 4.80. The first kappa shape index (κ1) is 11.3. The molecule has 0 aromatic rings. The van der Waals surface area contributed by atoms with Crippen molar-refractivity contribution in [2.24, 2.45) is 10.9 Å². The number of amidine groups is 1. The number of nitrogens with zero attached hydrogens (tertiary/aromatic N) is 1. The van der Waals surface area contributed by atoms with Gasteiger partial charge in [-0.3, -0.25) is 4.99 Å². The zero-order valence-corrected chi connectivity index (χ0v) is 10.6. The summed E-state index contributed by atoms with van der Waals surface area (Å²) in [6.07, 6.45) is 6.50. The highest BCUT2D eigenvalue weighted by Crippen LogP contribution is 2.35. The maximum atomic E-state index is 4.85. The molecule has 0 aromatic carbocycles. The molecule has 1 saturated carbocycles. The topological polar surface area (TPSA) is 24.4 Å². The minimum Gasteiger partial charge on any atom is -0.362 e. The standard InChI is InChI=1S/C12H22N2S/c1-3-10(4-2)13-12-14-11-7-5-6-9(11)8-15-12/h9-11H,3-8H2,1-2H3,(H,13,14). The van der Waals surface area contributed by atoms with Gasteiger partial charge in [-0.15, -0.1) is 0 Å². The van der Waals surface area contributed by atoms with Crippen LogP contribution in [0.1, 0.15) is 46.0 Å². The molecule has 1 heterocycles. The summed E-state index contributed by atoms with van der Waals surface area (Å²) in [5.74, 6) is 2.17. The molecule has 1 fully saturated rings. The Hall–Kier alpha value is -0.180. The van der Waals surface area contributed by atoms with Crippen molar-refractivity contribution in [1.82, 2.24) is 5.32 Å². The molecule has 0 bridgehead atoms. The smallest absolute Gasteiger partial charge is 0.157 e. The highest BCUT2D eigenvalue weighted by atomic mass is 32.2. The molecule has 1 N–H and O–H groups in total. The third kappa shape index (κ3) is 2.68. The summed E-state index contributed by atoms with van der Waals surface area (Å²) in [6.45, 7) is 4.49. The number of nitrogens with one attached hydrogen (secondary N) is 1. The second kappa shape index (κ2) is 5.24. The predicted octanol–water partition coefficient (Wildman–Crippen LogP) is 3.04. The Morgan fingerprint density at radius 2 is 2.20 bits per heavy atom. The molecule has 0 spiro atoms. The average molecular weight is 226 g/mol. The molecule has 0 aromatic heterocycles. The highest BCUT2D eigenvalue weighted by Gasteiger charge is 2.31. The summed E-state index contributed by atoms with van der Waals surface area (Å²) in [5.41, 5.74) is 0. The van der Waals surface area contributed by atoms with E-state index < -0.39 is 0 Å². The van der Waals surface area contributed by atoms with Gasteiger partial charge in [-0.05, 0) is 31.6 Å². The van der Waals surface area contributed by atoms with Crippen molar-refractivity contribution in [3.63, 3.8) is 0 Å². The summed E-state index contributed by atoms with van der Waals surface area (Å²) in [4.78, 5) is 4.85. The Balaban J connectivity index is 1.92. The molecule has 0 saturated heterocycles. The van der Waals surface area contributed by atoms with Crippen molar-refractivity contribution < 1.29 is 0 Å². The van der Waals surface area contributed by atoms with E-state index in [0.717, 1.165) is 5.92 Å². The number of aliphatic imine (C=N–C) groups is 1. The SMILES string of the molecule is CCC(CC)NC1=NC2CCCC2CS1. The van der Waals surface area contributed by atoms with Crippen molar-refractivity contribution in [1.29, 1.82) is 0 Å². The average Bonchev–Trinajstić information content (AvgIpc) is 2.73. The van der Waals surface area contributed by atoms with Crippen molar-refractivity contribution in [3.05, 3.63) is 0 Å². The summed E-state index contributed by atoms with van der Waals surface area (Å²) in [6, 6.07) is 1.26. The van der Waals surface area contributed by atoms with Crippen LogP contribution in [0.2, 0.25) is 0 Å².